The molecule has 0 radical (unpaired) electrons. The van der Waals surface area contributed by atoms with Crippen LogP contribution in [0.25, 0.3) is 21.3 Å². The molecule has 0 bridgehead atoms. The van der Waals surface area contributed by atoms with Gasteiger partial charge in [-0.15, -0.1) is 0 Å². The zero-order chi connectivity index (χ0) is 19.3. The molecule has 27 heavy (non-hydrogen) atoms. The first-order valence-corrected chi connectivity index (χ1v) is 8.71. The van der Waals surface area contributed by atoms with Crippen molar-refractivity contribution in [3.8, 4) is 0 Å². The Balaban J connectivity index is 1.62. The minimum Gasteiger partial charge on any atom is -0.317 e. The van der Waals surface area contributed by atoms with Gasteiger partial charge in [0, 0.05) is 19.3 Å². The fourth-order valence-corrected chi connectivity index (χ4v) is 3.77. The van der Waals surface area contributed by atoms with Gasteiger partial charge in [-0.05, 0) is 18.6 Å². The summed E-state index contributed by atoms with van der Waals surface area (Å²) < 4.78 is 29.9. The highest BCUT2D eigenvalue weighted by Gasteiger charge is 2.15. The van der Waals surface area contributed by atoms with Gasteiger partial charge in [0.1, 0.15) is 12.1 Å². The molecule has 0 saturated heterocycles. The van der Waals surface area contributed by atoms with Crippen molar-refractivity contribution in [2.75, 3.05) is 5.32 Å². The molecule has 0 spiro atoms. The summed E-state index contributed by atoms with van der Waals surface area (Å²) in [7, 11) is 1.63. The standard InChI is InChI=1S/C17H13F2N5O2S/c1-8-5-23(2)16(26)15-14(8)20-7-24(15)6-13(25)22-17-21-11-3-9(18)10(19)4-12(11)27-17/h3-5,7H,6H2,1-2H3,(H,21,22,25). The quantitative estimate of drug-likeness (QED) is 0.584. The Morgan fingerprint density at radius 2 is 2.04 bits per heavy atom. The van der Waals surface area contributed by atoms with Gasteiger partial charge >= 0.3 is 0 Å². The number of nitrogens with zero attached hydrogens (tertiary/aromatic N) is 4. The van der Waals surface area contributed by atoms with Crippen molar-refractivity contribution in [2.24, 2.45) is 7.05 Å². The van der Waals surface area contributed by atoms with E-state index < -0.39 is 17.5 Å². The van der Waals surface area contributed by atoms with Gasteiger partial charge in [0.25, 0.3) is 5.56 Å². The minimum absolute atomic E-state index is 0.145. The molecule has 0 fully saturated rings. The molecular formula is C17H13F2N5O2S. The fourth-order valence-electron chi connectivity index (χ4n) is 2.88. The van der Waals surface area contributed by atoms with Crippen LogP contribution in [0.2, 0.25) is 0 Å². The third-order valence-electron chi connectivity index (χ3n) is 4.11. The van der Waals surface area contributed by atoms with E-state index in [2.05, 4.69) is 15.3 Å². The van der Waals surface area contributed by atoms with Gasteiger partial charge in [0.05, 0.1) is 22.1 Å². The highest BCUT2D eigenvalue weighted by Crippen LogP contribution is 2.27. The van der Waals surface area contributed by atoms with Crippen molar-refractivity contribution in [3.63, 3.8) is 0 Å². The SMILES string of the molecule is Cc1cn(C)c(=O)c2c1ncn2CC(=O)Nc1nc2cc(F)c(F)cc2s1. The van der Waals surface area contributed by atoms with E-state index in [1.807, 2.05) is 6.92 Å². The topological polar surface area (TPSA) is 81.8 Å². The van der Waals surface area contributed by atoms with Crippen molar-refractivity contribution in [1.82, 2.24) is 19.1 Å². The van der Waals surface area contributed by atoms with Crippen LogP contribution < -0.4 is 10.9 Å². The average Bonchev–Trinajstić information content (AvgIpc) is 3.17. The third-order valence-corrected chi connectivity index (χ3v) is 5.05. The predicted octanol–water partition coefficient (Wildman–Crippen LogP) is 2.57. The second-order valence-corrected chi connectivity index (χ2v) is 7.13. The Hall–Kier alpha value is -3.14. The molecule has 138 valence electrons. The number of fused-ring (bicyclic) bond motifs is 2. The number of aromatic nitrogens is 4. The van der Waals surface area contributed by atoms with Crippen LogP contribution in [0.1, 0.15) is 5.56 Å². The number of anilines is 1. The van der Waals surface area contributed by atoms with Gasteiger partial charge in [0.15, 0.2) is 16.8 Å². The van der Waals surface area contributed by atoms with Crippen LogP contribution in [0.15, 0.2) is 29.5 Å². The molecule has 0 aliphatic rings. The van der Waals surface area contributed by atoms with E-state index in [0.29, 0.717) is 15.7 Å². The highest BCUT2D eigenvalue weighted by molar-refractivity contribution is 7.22. The molecule has 1 N–H and O–H groups in total. The van der Waals surface area contributed by atoms with Crippen LogP contribution in [0.5, 0.6) is 0 Å². The van der Waals surface area contributed by atoms with Crippen LogP contribution in [-0.4, -0.2) is 25.0 Å². The Morgan fingerprint density at radius 1 is 1.30 bits per heavy atom. The average molecular weight is 389 g/mol. The number of imidazole rings is 1. The van der Waals surface area contributed by atoms with Gasteiger partial charge in [-0.25, -0.2) is 18.7 Å². The van der Waals surface area contributed by atoms with E-state index in [1.165, 1.54) is 15.5 Å². The summed E-state index contributed by atoms with van der Waals surface area (Å²) in [6.45, 7) is 1.69. The molecule has 3 aromatic heterocycles. The zero-order valence-electron chi connectivity index (χ0n) is 14.3. The summed E-state index contributed by atoms with van der Waals surface area (Å²) in [6, 6.07) is 2.01. The Bertz CT molecular complexity index is 1240. The smallest absolute Gasteiger partial charge is 0.276 e. The zero-order valence-corrected chi connectivity index (χ0v) is 15.1. The van der Waals surface area contributed by atoms with Gasteiger partial charge < -0.3 is 14.5 Å². The van der Waals surface area contributed by atoms with E-state index in [-0.39, 0.29) is 22.8 Å². The molecule has 7 nitrogen and oxygen atoms in total. The van der Waals surface area contributed by atoms with Crippen molar-refractivity contribution in [3.05, 3.63) is 52.2 Å². The summed E-state index contributed by atoms with van der Waals surface area (Å²) in [5.74, 6) is -2.40. The molecule has 0 unspecified atom stereocenters. The van der Waals surface area contributed by atoms with Gasteiger partial charge in [-0.1, -0.05) is 11.3 Å². The number of amides is 1. The number of pyridine rings is 1. The Kier molecular flexibility index (Phi) is 3.99. The largest absolute Gasteiger partial charge is 0.317 e. The van der Waals surface area contributed by atoms with E-state index in [4.69, 9.17) is 0 Å². The molecule has 1 amide bonds. The summed E-state index contributed by atoms with van der Waals surface area (Å²) in [4.78, 5) is 33.0. The third kappa shape index (κ3) is 2.97. The van der Waals surface area contributed by atoms with E-state index in [9.17, 15) is 18.4 Å². The second kappa shape index (κ2) is 6.23. The number of hydrogen-bond donors (Lipinski definition) is 1. The van der Waals surface area contributed by atoms with Gasteiger partial charge in [-0.3, -0.25) is 9.59 Å². The number of aryl methyl sites for hydroxylation is 2. The Labute approximate surface area is 154 Å². The van der Waals surface area contributed by atoms with Crippen molar-refractivity contribution >= 4 is 43.6 Å². The van der Waals surface area contributed by atoms with E-state index in [0.717, 1.165) is 29.0 Å². The lowest BCUT2D eigenvalue weighted by molar-refractivity contribution is -0.116. The number of halogens is 2. The predicted molar refractivity (Wildman–Crippen MR) is 97.9 cm³/mol. The molecule has 4 rings (SSSR count). The van der Waals surface area contributed by atoms with Crippen LogP contribution in [0, 0.1) is 18.6 Å². The lowest BCUT2D eigenvalue weighted by Crippen LogP contribution is -2.23. The maximum atomic E-state index is 13.3. The van der Waals surface area contributed by atoms with Gasteiger partial charge in [-0.2, -0.15) is 0 Å². The summed E-state index contributed by atoms with van der Waals surface area (Å²) in [6.07, 6.45) is 3.11. The maximum absolute atomic E-state index is 13.3. The van der Waals surface area contributed by atoms with Gasteiger partial charge in [0.2, 0.25) is 5.91 Å². The molecule has 10 heteroatoms. The first kappa shape index (κ1) is 17.3. The van der Waals surface area contributed by atoms with Crippen LogP contribution in [0.3, 0.4) is 0 Å². The normalized spacial score (nSPS) is 11.4. The number of carbonyl (C=O) groups is 1. The fraction of sp³-hybridized carbons (Fsp3) is 0.176. The lowest BCUT2D eigenvalue weighted by atomic mass is 10.2. The first-order valence-electron chi connectivity index (χ1n) is 7.90. The van der Waals surface area contributed by atoms with Crippen LogP contribution >= 0.6 is 11.3 Å². The number of hydrogen-bond acceptors (Lipinski definition) is 5. The number of nitrogens with one attached hydrogen (secondary N) is 1. The monoisotopic (exact) mass is 389 g/mol. The molecule has 3 heterocycles. The van der Waals surface area contributed by atoms with Crippen LogP contribution in [-0.2, 0) is 18.4 Å². The molecule has 0 saturated carbocycles. The molecule has 0 aliphatic heterocycles. The minimum atomic E-state index is -0.998. The maximum Gasteiger partial charge on any atom is 0.276 e. The lowest BCUT2D eigenvalue weighted by Gasteiger charge is -2.06. The molecule has 1 aromatic carbocycles. The van der Waals surface area contributed by atoms with E-state index in [1.54, 1.807) is 13.2 Å². The second-order valence-electron chi connectivity index (χ2n) is 6.10. The molecule has 4 aromatic rings. The summed E-state index contributed by atoms with van der Waals surface area (Å²) >= 11 is 1.03. The molecule has 0 atom stereocenters. The van der Waals surface area contributed by atoms with Crippen molar-refractivity contribution in [1.29, 1.82) is 0 Å². The number of rotatable bonds is 3. The van der Waals surface area contributed by atoms with Crippen LogP contribution in [0.4, 0.5) is 13.9 Å². The summed E-state index contributed by atoms with van der Waals surface area (Å²) in [5.41, 5.74) is 1.69. The number of benzene rings is 1. The molecular weight excluding hydrogens is 376 g/mol. The number of carbonyl (C=O) groups excluding carboxylic acids is 1. The Morgan fingerprint density at radius 3 is 2.81 bits per heavy atom. The van der Waals surface area contributed by atoms with Crippen molar-refractivity contribution in [2.45, 2.75) is 13.5 Å². The molecule has 0 aliphatic carbocycles. The van der Waals surface area contributed by atoms with E-state index >= 15 is 0 Å². The highest BCUT2D eigenvalue weighted by atomic mass is 32.1. The van der Waals surface area contributed by atoms with Crippen molar-refractivity contribution < 1.29 is 13.6 Å². The first-order chi connectivity index (χ1) is 12.8. The summed E-state index contributed by atoms with van der Waals surface area (Å²) in [5, 5.41) is 2.80. The number of thiazole rings is 1.